The molecule has 1 fully saturated rings. The lowest BCUT2D eigenvalue weighted by atomic mass is 10.1. The molecule has 1 rings (SSSR count). The zero-order valence-electron chi connectivity index (χ0n) is 10.3. The summed E-state index contributed by atoms with van der Waals surface area (Å²) in [5, 5.41) is 2.95. The zero-order chi connectivity index (χ0) is 12.2. The van der Waals surface area contributed by atoms with Gasteiger partial charge in [0, 0.05) is 13.1 Å². The largest absolute Gasteiger partial charge is 0.373 e. The lowest BCUT2D eigenvalue weighted by Gasteiger charge is -2.37. The number of morpholine rings is 1. The van der Waals surface area contributed by atoms with E-state index in [1.165, 1.54) is 0 Å². The number of hydrogen-bond donors (Lipinski definition) is 1. The second-order valence-corrected chi connectivity index (χ2v) is 6.80. The molecule has 0 aliphatic carbocycles. The van der Waals surface area contributed by atoms with Crippen LogP contribution in [0.2, 0.25) is 0 Å². The third kappa shape index (κ3) is 4.01. The summed E-state index contributed by atoms with van der Waals surface area (Å²) in [5.74, 6) is 0.212. The highest BCUT2D eigenvalue weighted by Crippen LogP contribution is 2.19. The third-order valence-electron chi connectivity index (χ3n) is 2.61. The van der Waals surface area contributed by atoms with Crippen LogP contribution in [-0.2, 0) is 14.8 Å². The smallest absolute Gasteiger partial charge is 0.214 e. The van der Waals surface area contributed by atoms with Crippen LogP contribution in [0.4, 0.5) is 0 Å². The molecule has 1 aliphatic rings. The molecule has 0 aromatic carbocycles. The van der Waals surface area contributed by atoms with Crippen molar-refractivity contribution in [3.63, 3.8) is 0 Å². The monoisotopic (exact) mass is 250 g/mol. The van der Waals surface area contributed by atoms with Crippen LogP contribution in [0.3, 0.4) is 0 Å². The number of sulfonamides is 1. The second kappa shape index (κ2) is 5.44. The van der Waals surface area contributed by atoms with E-state index in [9.17, 15) is 8.42 Å². The summed E-state index contributed by atoms with van der Waals surface area (Å²) in [7, 11) is -1.29. The van der Waals surface area contributed by atoms with E-state index in [1.807, 2.05) is 20.9 Å². The second-order valence-electron chi connectivity index (χ2n) is 4.71. The van der Waals surface area contributed by atoms with Gasteiger partial charge in [0.2, 0.25) is 10.0 Å². The van der Waals surface area contributed by atoms with Gasteiger partial charge in [-0.05, 0) is 33.9 Å². The van der Waals surface area contributed by atoms with Crippen molar-refractivity contribution in [2.75, 3.05) is 39.0 Å². The van der Waals surface area contributed by atoms with Gasteiger partial charge in [0.25, 0.3) is 0 Å². The van der Waals surface area contributed by atoms with Gasteiger partial charge in [-0.15, -0.1) is 0 Å². The lowest BCUT2D eigenvalue weighted by Crippen LogP contribution is -2.51. The summed E-state index contributed by atoms with van der Waals surface area (Å²) in [6.07, 6.45) is 0.649. The summed E-state index contributed by atoms with van der Waals surface area (Å²) in [6.45, 7) is 5.98. The van der Waals surface area contributed by atoms with Crippen LogP contribution >= 0.6 is 0 Å². The first kappa shape index (κ1) is 13.9. The predicted octanol–water partition coefficient (Wildman–Crippen LogP) is 0.0365. The Morgan fingerprint density at radius 2 is 2.12 bits per heavy atom. The highest BCUT2D eigenvalue weighted by Gasteiger charge is 2.33. The van der Waals surface area contributed by atoms with Gasteiger partial charge in [-0.3, -0.25) is 0 Å². The topological polar surface area (TPSA) is 58.6 Å². The minimum absolute atomic E-state index is 0.212. The Hall–Kier alpha value is -0.170. The van der Waals surface area contributed by atoms with Gasteiger partial charge in [0.05, 0.1) is 18.0 Å². The van der Waals surface area contributed by atoms with Crippen LogP contribution in [0.25, 0.3) is 0 Å². The number of hydrogen-bond acceptors (Lipinski definition) is 4. The molecule has 0 spiro atoms. The molecule has 0 amide bonds. The molecule has 1 aliphatic heterocycles. The van der Waals surface area contributed by atoms with Crippen LogP contribution in [-0.4, -0.2) is 57.4 Å². The normalized spacial score (nSPS) is 22.2. The van der Waals surface area contributed by atoms with E-state index in [1.54, 1.807) is 4.31 Å². The molecule has 0 aromatic heterocycles. The van der Waals surface area contributed by atoms with Crippen molar-refractivity contribution < 1.29 is 13.2 Å². The van der Waals surface area contributed by atoms with Crippen LogP contribution in [0.5, 0.6) is 0 Å². The predicted molar refractivity (Wildman–Crippen MR) is 63.9 cm³/mol. The molecule has 0 unspecified atom stereocenters. The number of ether oxygens (including phenoxy) is 1. The van der Waals surface area contributed by atoms with Crippen molar-refractivity contribution in [2.24, 2.45) is 0 Å². The number of rotatable bonds is 5. The molecule has 1 heterocycles. The average molecular weight is 250 g/mol. The Morgan fingerprint density at radius 3 is 2.69 bits per heavy atom. The van der Waals surface area contributed by atoms with Crippen LogP contribution < -0.4 is 5.32 Å². The fraction of sp³-hybridized carbons (Fsp3) is 1.00. The Morgan fingerprint density at radius 1 is 1.44 bits per heavy atom. The van der Waals surface area contributed by atoms with E-state index in [-0.39, 0.29) is 11.4 Å². The summed E-state index contributed by atoms with van der Waals surface area (Å²) >= 11 is 0. The molecule has 0 aromatic rings. The van der Waals surface area contributed by atoms with Crippen LogP contribution in [0, 0.1) is 0 Å². The molecule has 0 bridgehead atoms. The molecular formula is C10H22N2O3S. The van der Waals surface area contributed by atoms with Gasteiger partial charge in [0.15, 0.2) is 0 Å². The van der Waals surface area contributed by atoms with E-state index in [4.69, 9.17) is 4.74 Å². The van der Waals surface area contributed by atoms with Crippen molar-refractivity contribution in [1.82, 2.24) is 9.62 Å². The molecule has 96 valence electrons. The quantitative estimate of drug-likeness (QED) is 0.700. The lowest BCUT2D eigenvalue weighted by molar-refractivity contribution is -0.0640. The van der Waals surface area contributed by atoms with Crippen LogP contribution in [0.1, 0.15) is 20.3 Å². The van der Waals surface area contributed by atoms with Gasteiger partial charge in [0.1, 0.15) is 0 Å². The average Bonchev–Trinajstić information content (AvgIpc) is 2.16. The Balaban J connectivity index is 2.54. The van der Waals surface area contributed by atoms with Crippen molar-refractivity contribution >= 4 is 10.0 Å². The van der Waals surface area contributed by atoms with Gasteiger partial charge in [-0.2, -0.15) is 4.31 Å². The Kier molecular flexibility index (Phi) is 4.73. The van der Waals surface area contributed by atoms with E-state index < -0.39 is 10.0 Å². The SMILES string of the molecule is CNCCCS(=O)(=O)N1CCOC(C)(C)C1. The standard InChI is InChI=1S/C10H22N2O3S/c1-10(2)9-12(6-7-15-10)16(13,14)8-4-5-11-3/h11H,4-9H2,1-3H3. The van der Waals surface area contributed by atoms with Gasteiger partial charge >= 0.3 is 0 Å². The van der Waals surface area contributed by atoms with Crippen molar-refractivity contribution in [3.05, 3.63) is 0 Å². The molecule has 1 N–H and O–H groups in total. The fourth-order valence-corrected chi connectivity index (χ4v) is 3.40. The summed E-state index contributed by atoms with van der Waals surface area (Å²) in [6, 6.07) is 0. The minimum atomic E-state index is -3.11. The Labute approximate surface area is 98.2 Å². The van der Waals surface area contributed by atoms with Gasteiger partial charge in [-0.25, -0.2) is 8.42 Å². The number of nitrogens with one attached hydrogen (secondary N) is 1. The maximum Gasteiger partial charge on any atom is 0.214 e. The van der Waals surface area contributed by atoms with Crippen molar-refractivity contribution in [1.29, 1.82) is 0 Å². The van der Waals surface area contributed by atoms with Crippen molar-refractivity contribution in [2.45, 2.75) is 25.9 Å². The summed E-state index contributed by atoms with van der Waals surface area (Å²) in [5.41, 5.74) is -0.367. The highest BCUT2D eigenvalue weighted by molar-refractivity contribution is 7.89. The molecule has 6 heteroatoms. The van der Waals surface area contributed by atoms with Crippen LogP contribution in [0.15, 0.2) is 0 Å². The van der Waals surface area contributed by atoms with Crippen molar-refractivity contribution in [3.8, 4) is 0 Å². The molecule has 0 saturated carbocycles. The number of nitrogens with zero attached hydrogens (tertiary/aromatic N) is 1. The molecule has 16 heavy (non-hydrogen) atoms. The molecule has 0 radical (unpaired) electrons. The maximum atomic E-state index is 12.0. The summed E-state index contributed by atoms with van der Waals surface area (Å²) < 4.78 is 31.0. The minimum Gasteiger partial charge on any atom is -0.373 e. The molecule has 1 saturated heterocycles. The maximum absolute atomic E-state index is 12.0. The summed E-state index contributed by atoms with van der Waals surface area (Å²) in [4.78, 5) is 0. The van der Waals surface area contributed by atoms with E-state index in [2.05, 4.69) is 5.32 Å². The van der Waals surface area contributed by atoms with Gasteiger partial charge in [-0.1, -0.05) is 0 Å². The Bertz CT molecular complexity index is 314. The first-order valence-corrected chi connectivity index (χ1v) is 7.25. The molecule has 0 atom stereocenters. The zero-order valence-corrected chi connectivity index (χ0v) is 11.1. The van der Waals surface area contributed by atoms with E-state index in [0.29, 0.717) is 26.1 Å². The molecular weight excluding hydrogens is 228 g/mol. The fourth-order valence-electron chi connectivity index (χ4n) is 1.77. The van der Waals surface area contributed by atoms with Gasteiger partial charge < -0.3 is 10.1 Å². The third-order valence-corrected chi connectivity index (χ3v) is 4.52. The molecule has 5 nitrogen and oxygen atoms in total. The van der Waals surface area contributed by atoms with E-state index in [0.717, 1.165) is 6.54 Å². The first-order valence-electron chi connectivity index (χ1n) is 5.64. The first-order chi connectivity index (χ1) is 7.37. The highest BCUT2D eigenvalue weighted by atomic mass is 32.2. The van der Waals surface area contributed by atoms with E-state index >= 15 is 0 Å².